The highest BCUT2D eigenvalue weighted by Gasteiger charge is 2.27. The van der Waals surface area contributed by atoms with E-state index >= 15 is 0 Å². The first-order valence-electron chi connectivity index (χ1n) is 5.35. The highest BCUT2D eigenvalue weighted by Crippen LogP contribution is 2.14. The fraction of sp³-hybridized carbons (Fsp3) is 0.900. The lowest BCUT2D eigenvalue weighted by atomic mass is 10.2. The predicted octanol–water partition coefficient (Wildman–Crippen LogP) is 2.64. The fourth-order valence-corrected chi connectivity index (χ4v) is 1.48. The Morgan fingerprint density at radius 1 is 1.47 bits per heavy atom. The Kier molecular flexibility index (Phi) is 8.59. The summed E-state index contributed by atoms with van der Waals surface area (Å²) in [5, 5.41) is 3.55. The van der Waals surface area contributed by atoms with Gasteiger partial charge in [0.15, 0.2) is 0 Å². The first-order chi connectivity index (χ1) is 7.85. The summed E-state index contributed by atoms with van der Waals surface area (Å²) in [5.74, 6) is -0.283. The van der Waals surface area contributed by atoms with Crippen molar-refractivity contribution in [3.8, 4) is 0 Å². The number of hydrogen-bond donors (Lipinski definition) is 1. The number of hydrogen-bond acceptors (Lipinski definition) is 2. The molecule has 1 atom stereocenters. The van der Waals surface area contributed by atoms with Gasteiger partial charge in [-0.1, -0.05) is 15.9 Å². The molecule has 0 aromatic rings. The van der Waals surface area contributed by atoms with Crippen LogP contribution in [0.2, 0.25) is 0 Å². The van der Waals surface area contributed by atoms with E-state index in [0.717, 1.165) is 18.2 Å². The number of nitrogens with one attached hydrogen (secondary N) is 1. The smallest absolute Gasteiger partial charge is 0.372 e. The summed E-state index contributed by atoms with van der Waals surface area (Å²) in [6.07, 6.45) is -2.61. The lowest BCUT2D eigenvalue weighted by Gasteiger charge is -2.13. The average Bonchev–Trinajstić information content (AvgIpc) is 2.20. The molecule has 3 nitrogen and oxygen atoms in total. The summed E-state index contributed by atoms with van der Waals surface area (Å²) in [7, 11) is 0. The molecule has 0 saturated carbocycles. The van der Waals surface area contributed by atoms with Crippen molar-refractivity contribution in [1.29, 1.82) is 0 Å². The maximum Gasteiger partial charge on any atom is 0.411 e. The molecule has 1 N–H and O–H groups in total. The summed E-state index contributed by atoms with van der Waals surface area (Å²) >= 11 is 3.27. The molecule has 0 heterocycles. The molecule has 1 amide bonds. The van der Waals surface area contributed by atoms with Crippen molar-refractivity contribution in [3.63, 3.8) is 0 Å². The zero-order chi connectivity index (χ0) is 13.3. The fourth-order valence-electron chi connectivity index (χ4n) is 1.16. The van der Waals surface area contributed by atoms with Gasteiger partial charge in [-0.2, -0.15) is 13.2 Å². The minimum Gasteiger partial charge on any atom is -0.372 e. The van der Waals surface area contributed by atoms with Crippen LogP contribution in [0.15, 0.2) is 0 Å². The van der Waals surface area contributed by atoms with Crippen LogP contribution >= 0.6 is 15.9 Å². The van der Waals surface area contributed by atoms with Crippen LogP contribution < -0.4 is 5.32 Å². The van der Waals surface area contributed by atoms with Crippen molar-refractivity contribution in [2.45, 2.75) is 38.4 Å². The van der Waals surface area contributed by atoms with Crippen LogP contribution in [0.5, 0.6) is 0 Å². The molecule has 17 heavy (non-hydrogen) atoms. The minimum absolute atomic E-state index is 0.0302. The number of ether oxygens (including phenoxy) is 1. The van der Waals surface area contributed by atoms with Crippen LogP contribution in [-0.4, -0.2) is 36.7 Å². The van der Waals surface area contributed by atoms with Gasteiger partial charge in [-0.3, -0.25) is 4.79 Å². The van der Waals surface area contributed by atoms with Gasteiger partial charge in [-0.05, 0) is 19.8 Å². The Hall–Kier alpha value is -0.300. The van der Waals surface area contributed by atoms with Crippen LogP contribution in [0, 0.1) is 0 Å². The van der Waals surface area contributed by atoms with Gasteiger partial charge in [0.05, 0.1) is 6.61 Å². The van der Waals surface area contributed by atoms with Crippen LogP contribution in [0.3, 0.4) is 0 Å². The molecule has 0 aromatic heterocycles. The van der Waals surface area contributed by atoms with Crippen molar-refractivity contribution in [1.82, 2.24) is 5.32 Å². The van der Waals surface area contributed by atoms with Gasteiger partial charge in [0.2, 0.25) is 5.91 Å². The summed E-state index contributed by atoms with van der Waals surface area (Å²) in [5.41, 5.74) is 0. The number of halogens is 4. The van der Waals surface area contributed by atoms with Gasteiger partial charge in [0.1, 0.15) is 6.61 Å². The third-order valence-electron chi connectivity index (χ3n) is 1.92. The summed E-state index contributed by atoms with van der Waals surface area (Å²) in [6, 6.07) is 0.0302. The van der Waals surface area contributed by atoms with Gasteiger partial charge < -0.3 is 10.1 Å². The van der Waals surface area contributed by atoms with E-state index in [-0.39, 0.29) is 25.0 Å². The van der Waals surface area contributed by atoms with Crippen LogP contribution in [0.1, 0.15) is 26.2 Å². The van der Waals surface area contributed by atoms with E-state index in [4.69, 9.17) is 0 Å². The zero-order valence-corrected chi connectivity index (χ0v) is 11.2. The summed E-state index contributed by atoms with van der Waals surface area (Å²) in [6.45, 7) is 0.340. The second kappa shape index (κ2) is 8.74. The molecule has 0 saturated heterocycles. The van der Waals surface area contributed by atoms with Gasteiger partial charge in [0, 0.05) is 17.8 Å². The Morgan fingerprint density at radius 2 is 2.12 bits per heavy atom. The maximum atomic E-state index is 11.7. The highest BCUT2D eigenvalue weighted by atomic mass is 79.9. The number of carbonyl (C=O) groups excluding carboxylic acids is 1. The van der Waals surface area contributed by atoms with Crippen molar-refractivity contribution < 1.29 is 22.7 Å². The lowest BCUT2D eigenvalue weighted by Crippen LogP contribution is -2.33. The molecule has 7 heteroatoms. The number of amides is 1. The Labute approximate surface area is 107 Å². The van der Waals surface area contributed by atoms with Gasteiger partial charge in [-0.25, -0.2) is 0 Å². The molecule has 0 aliphatic carbocycles. The Balaban J connectivity index is 3.53. The molecule has 0 spiro atoms. The quantitative estimate of drug-likeness (QED) is 0.551. The number of carbonyl (C=O) groups is 1. The molecule has 0 fully saturated rings. The van der Waals surface area contributed by atoms with E-state index in [2.05, 4.69) is 26.0 Å². The topological polar surface area (TPSA) is 38.3 Å². The number of alkyl halides is 4. The SMILES string of the molecule is CC(CCCBr)NC(=O)CCOCC(F)(F)F. The highest BCUT2D eigenvalue weighted by molar-refractivity contribution is 9.09. The second-order valence-electron chi connectivity index (χ2n) is 3.72. The average molecular weight is 320 g/mol. The Morgan fingerprint density at radius 3 is 2.65 bits per heavy atom. The van der Waals surface area contributed by atoms with Crippen molar-refractivity contribution in [3.05, 3.63) is 0 Å². The van der Waals surface area contributed by atoms with Crippen molar-refractivity contribution in [2.24, 2.45) is 0 Å². The zero-order valence-electron chi connectivity index (χ0n) is 9.65. The molecule has 0 radical (unpaired) electrons. The van der Waals surface area contributed by atoms with Crippen LogP contribution in [-0.2, 0) is 9.53 Å². The summed E-state index contributed by atoms with van der Waals surface area (Å²) in [4.78, 5) is 11.3. The first-order valence-corrected chi connectivity index (χ1v) is 6.47. The molecule has 0 aromatic carbocycles. The second-order valence-corrected chi connectivity index (χ2v) is 4.51. The molecule has 102 valence electrons. The van der Waals surface area contributed by atoms with E-state index in [1.165, 1.54) is 0 Å². The largest absolute Gasteiger partial charge is 0.411 e. The van der Waals surface area contributed by atoms with E-state index in [0.29, 0.717) is 0 Å². The third-order valence-corrected chi connectivity index (χ3v) is 2.48. The van der Waals surface area contributed by atoms with E-state index < -0.39 is 12.8 Å². The summed E-state index contributed by atoms with van der Waals surface area (Å²) < 4.78 is 39.4. The van der Waals surface area contributed by atoms with E-state index in [1.54, 1.807) is 0 Å². The third kappa shape index (κ3) is 12.0. The maximum absolute atomic E-state index is 11.7. The normalized spacial score (nSPS) is 13.5. The van der Waals surface area contributed by atoms with Crippen LogP contribution in [0.4, 0.5) is 13.2 Å². The molecule has 0 rings (SSSR count). The first kappa shape index (κ1) is 16.7. The van der Waals surface area contributed by atoms with Gasteiger partial charge >= 0.3 is 6.18 Å². The van der Waals surface area contributed by atoms with Gasteiger partial charge in [0.25, 0.3) is 0 Å². The standard InChI is InChI=1S/C10H17BrF3NO2/c1-8(3-2-5-11)15-9(16)4-6-17-7-10(12,13)14/h8H,2-7H2,1H3,(H,15,16). The van der Waals surface area contributed by atoms with Crippen LogP contribution in [0.25, 0.3) is 0 Å². The lowest BCUT2D eigenvalue weighted by molar-refractivity contribution is -0.174. The Bertz CT molecular complexity index is 224. The molecular formula is C10H17BrF3NO2. The number of rotatable bonds is 8. The molecule has 0 aliphatic heterocycles. The monoisotopic (exact) mass is 319 g/mol. The van der Waals surface area contributed by atoms with E-state index in [1.807, 2.05) is 6.92 Å². The van der Waals surface area contributed by atoms with E-state index in [9.17, 15) is 18.0 Å². The van der Waals surface area contributed by atoms with Crippen molar-refractivity contribution >= 4 is 21.8 Å². The van der Waals surface area contributed by atoms with Crippen molar-refractivity contribution in [2.75, 3.05) is 18.5 Å². The van der Waals surface area contributed by atoms with Gasteiger partial charge in [-0.15, -0.1) is 0 Å². The molecule has 1 unspecified atom stereocenters. The predicted molar refractivity (Wildman–Crippen MR) is 62.1 cm³/mol. The molecule has 0 aliphatic rings. The molecule has 0 bridgehead atoms. The minimum atomic E-state index is -4.33. The molecular weight excluding hydrogens is 303 g/mol.